The van der Waals surface area contributed by atoms with Crippen LogP contribution in [-0.2, 0) is 14.8 Å². The van der Waals surface area contributed by atoms with Crippen LogP contribution in [0.1, 0.15) is 0 Å². The molecule has 0 spiro atoms. The predicted octanol–water partition coefficient (Wildman–Crippen LogP) is 3.43. The first-order valence-corrected chi connectivity index (χ1v) is 11.8. The number of pyridine rings is 1. The Hall–Kier alpha value is -2.13. The highest BCUT2D eigenvalue weighted by Gasteiger charge is 2.26. The molecule has 1 aliphatic heterocycles. The van der Waals surface area contributed by atoms with Gasteiger partial charge in [-0.15, -0.1) is 11.8 Å². The van der Waals surface area contributed by atoms with E-state index in [-0.39, 0.29) is 4.90 Å². The molecular weight excluding hydrogens is 408 g/mol. The highest BCUT2D eigenvalue weighted by Crippen LogP contribution is 2.26. The van der Waals surface area contributed by atoms with Crippen LogP contribution in [-0.4, -0.2) is 56.4 Å². The molecule has 1 aromatic heterocycles. The van der Waals surface area contributed by atoms with E-state index < -0.39 is 10.0 Å². The van der Waals surface area contributed by atoms with Crippen LogP contribution in [0.4, 0.5) is 0 Å². The number of benzene rings is 2. The molecule has 0 bridgehead atoms. The lowest BCUT2D eigenvalue weighted by atomic mass is 10.2. The number of rotatable bonds is 7. The maximum atomic E-state index is 12.6. The smallest absolute Gasteiger partial charge is 0.243 e. The van der Waals surface area contributed by atoms with E-state index in [0.29, 0.717) is 38.7 Å². The number of nitrogens with zero attached hydrogens (tertiary/aromatic N) is 2. The van der Waals surface area contributed by atoms with Crippen LogP contribution in [0, 0.1) is 0 Å². The summed E-state index contributed by atoms with van der Waals surface area (Å²) in [7, 11) is -3.47. The Morgan fingerprint density at radius 3 is 2.59 bits per heavy atom. The van der Waals surface area contributed by atoms with E-state index in [9.17, 15) is 8.42 Å². The maximum Gasteiger partial charge on any atom is 0.243 e. The molecule has 1 saturated heterocycles. The fraction of sp³-hybridized carbons (Fsp3) is 0.286. The summed E-state index contributed by atoms with van der Waals surface area (Å²) in [4.78, 5) is 5.83. The van der Waals surface area contributed by atoms with Gasteiger partial charge in [-0.2, -0.15) is 4.31 Å². The molecular formula is C21H22N2O4S2. The maximum absolute atomic E-state index is 12.6. The Kier molecular flexibility index (Phi) is 6.34. The van der Waals surface area contributed by atoms with Gasteiger partial charge >= 0.3 is 0 Å². The molecule has 2 aromatic carbocycles. The van der Waals surface area contributed by atoms with Crippen LogP contribution in [0.3, 0.4) is 0 Å². The molecule has 0 unspecified atom stereocenters. The van der Waals surface area contributed by atoms with Crippen LogP contribution >= 0.6 is 11.8 Å². The normalized spacial score (nSPS) is 15.4. The Morgan fingerprint density at radius 1 is 1.03 bits per heavy atom. The van der Waals surface area contributed by atoms with Gasteiger partial charge in [0.2, 0.25) is 10.0 Å². The zero-order valence-corrected chi connectivity index (χ0v) is 17.5. The summed E-state index contributed by atoms with van der Waals surface area (Å²) in [6.07, 6.45) is 1.82. The van der Waals surface area contributed by atoms with Crippen molar-refractivity contribution in [3.8, 4) is 5.75 Å². The molecule has 0 aliphatic carbocycles. The largest absolute Gasteiger partial charge is 0.493 e. The van der Waals surface area contributed by atoms with Crippen molar-refractivity contribution < 1.29 is 17.9 Å². The van der Waals surface area contributed by atoms with Crippen molar-refractivity contribution >= 4 is 32.7 Å². The minimum atomic E-state index is -3.47. The molecule has 1 aliphatic rings. The number of hydrogen-bond acceptors (Lipinski definition) is 6. The van der Waals surface area contributed by atoms with Gasteiger partial charge in [0.25, 0.3) is 0 Å². The molecule has 2 heterocycles. The topological polar surface area (TPSA) is 68.7 Å². The number of aromatic nitrogens is 1. The van der Waals surface area contributed by atoms with E-state index in [4.69, 9.17) is 9.47 Å². The van der Waals surface area contributed by atoms with Crippen molar-refractivity contribution in [1.29, 1.82) is 0 Å². The van der Waals surface area contributed by atoms with Crippen LogP contribution in [0.5, 0.6) is 5.75 Å². The number of hydrogen-bond donors (Lipinski definition) is 0. The molecule has 3 aromatic rings. The Morgan fingerprint density at radius 2 is 1.79 bits per heavy atom. The molecule has 6 nitrogen and oxygen atoms in total. The van der Waals surface area contributed by atoms with E-state index in [1.54, 1.807) is 36.0 Å². The van der Waals surface area contributed by atoms with Crippen molar-refractivity contribution in [1.82, 2.24) is 9.29 Å². The van der Waals surface area contributed by atoms with Crippen LogP contribution in [0.25, 0.3) is 10.9 Å². The Labute approximate surface area is 174 Å². The third kappa shape index (κ3) is 4.72. The molecule has 1 fully saturated rings. The first kappa shape index (κ1) is 20.2. The van der Waals surface area contributed by atoms with Crippen molar-refractivity contribution in [3.05, 3.63) is 60.8 Å². The second-order valence-electron chi connectivity index (χ2n) is 6.51. The van der Waals surface area contributed by atoms with E-state index in [1.807, 2.05) is 30.5 Å². The monoisotopic (exact) mass is 430 g/mol. The summed E-state index contributed by atoms with van der Waals surface area (Å²) in [5.41, 5.74) is 0.982. The van der Waals surface area contributed by atoms with Crippen molar-refractivity contribution in [3.63, 3.8) is 0 Å². The van der Waals surface area contributed by atoms with Crippen LogP contribution in [0.15, 0.2) is 70.6 Å². The second-order valence-corrected chi connectivity index (χ2v) is 9.59. The zero-order chi connectivity index (χ0) is 20.1. The van der Waals surface area contributed by atoms with E-state index in [2.05, 4.69) is 11.1 Å². The van der Waals surface area contributed by atoms with Crippen molar-refractivity contribution in [2.24, 2.45) is 0 Å². The molecule has 0 radical (unpaired) electrons. The number of ether oxygens (including phenoxy) is 2. The third-order valence-corrected chi connectivity index (χ3v) is 7.60. The first-order valence-electron chi connectivity index (χ1n) is 9.42. The molecule has 0 N–H and O–H groups in total. The zero-order valence-electron chi connectivity index (χ0n) is 15.9. The Bertz CT molecular complexity index is 1060. The van der Waals surface area contributed by atoms with Gasteiger partial charge in [-0.05, 0) is 36.4 Å². The SMILES string of the molecule is O=S(=O)(c1ccc(OCCSc2ccnc3ccccc23)cc1)N1CCOCC1. The summed E-state index contributed by atoms with van der Waals surface area (Å²) < 4.78 is 37.8. The molecule has 0 saturated carbocycles. The van der Waals surface area contributed by atoms with E-state index in [0.717, 1.165) is 16.7 Å². The lowest BCUT2D eigenvalue weighted by Crippen LogP contribution is -2.40. The molecule has 29 heavy (non-hydrogen) atoms. The standard InChI is InChI=1S/C21H22N2O4S2/c24-29(25,23-11-13-26-14-12-23)18-7-5-17(6-8-18)27-15-16-28-21-9-10-22-20-4-2-1-3-19(20)21/h1-10H,11-16H2. The summed E-state index contributed by atoms with van der Waals surface area (Å²) in [5, 5.41) is 1.14. The highest BCUT2D eigenvalue weighted by atomic mass is 32.2. The average molecular weight is 431 g/mol. The Balaban J connectivity index is 1.32. The van der Waals surface area contributed by atoms with E-state index in [1.165, 1.54) is 9.20 Å². The minimum absolute atomic E-state index is 0.282. The predicted molar refractivity (Wildman–Crippen MR) is 114 cm³/mol. The van der Waals surface area contributed by atoms with Crippen molar-refractivity contribution in [2.45, 2.75) is 9.79 Å². The number of sulfonamides is 1. The summed E-state index contributed by atoms with van der Waals surface area (Å²) >= 11 is 1.72. The lowest BCUT2D eigenvalue weighted by molar-refractivity contribution is 0.0730. The lowest BCUT2D eigenvalue weighted by Gasteiger charge is -2.26. The molecule has 0 amide bonds. The number of thioether (sulfide) groups is 1. The number of para-hydroxylation sites is 1. The number of fused-ring (bicyclic) bond motifs is 1. The average Bonchev–Trinajstić information content (AvgIpc) is 2.78. The molecule has 152 valence electrons. The van der Waals surface area contributed by atoms with Gasteiger partial charge < -0.3 is 9.47 Å². The van der Waals surface area contributed by atoms with Gasteiger partial charge in [0.15, 0.2) is 0 Å². The summed E-state index contributed by atoms with van der Waals surface area (Å²) in [6.45, 7) is 2.18. The van der Waals surface area contributed by atoms with Gasteiger partial charge in [-0.1, -0.05) is 18.2 Å². The summed E-state index contributed by atoms with van der Waals surface area (Å²) in [6, 6.07) is 16.7. The van der Waals surface area contributed by atoms with Gasteiger partial charge in [0.05, 0.1) is 30.2 Å². The van der Waals surface area contributed by atoms with Crippen LogP contribution in [0.2, 0.25) is 0 Å². The van der Waals surface area contributed by atoms with Gasteiger partial charge in [0, 0.05) is 35.3 Å². The molecule has 8 heteroatoms. The summed E-state index contributed by atoms with van der Waals surface area (Å²) in [5.74, 6) is 1.44. The van der Waals surface area contributed by atoms with Crippen molar-refractivity contribution in [2.75, 3.05) is 38.7 Å². The second kappa shape index (κ2) is 9.13. The molecule has 0 atom stereocenters. The fourth-order valence-corrected chi connectivity index (χ4v) is 5.43. The molecule has 4 rings (SSSR count). The fourth-order valence-electron chi connectivity index (χ4n) is 3.15. The first-order chi connectivity index (χ1) is 14.1. The highest BCUT2D eigenvalue weighted by molar-refractivity contribution is 7.99. The minimum Gasteiger partial charge on any atom is -0.493 e. The van der Waals surface area contributed by atoms with Gasteiger partial charge in [-0.3, -0.25) is 4.98 Å². The number of morpholine rings is 1. The third-order valence-electron chi connectivity index (χ3n) is 4.65. The van der Waals surface area contributed by atoms with Gasteiger partial charge in [0.1, 0.15) is 5.75 Å². The van der Waals surface area contributed by atoms with E-state index >= 15 is 0 Å². The van der Waals surface area contributed by atoms with Crippen LogP contribution < -0.4 is 4.74 Å². The van der Waals surface area contributed by atoms with Gasteiger partial charge in [-0.25, -0.2) is 8.42 Å². The quantitative estimate of drug-likeness (QED) is 0.423.